The van der Waals surface area contributed by atoms with E-state index < -0.39 is 16.6 Å². The molecule has 0 saturated carbocycles. The van der Waals surface area contributed by atoms with Gasteiger partial charge in [-0.3, -0.25) is 10.1 Å². The third-order valence-electron chi connectivity index (χ3n) is 2.48. The SMILES string of the molecule is N#Cc1cc([N+](=O)[O-])ccc1Nc1cc(F)cc(F)c1. The summed E-state index contributed by atoms with van der Waals surface area (Å²) in [5, 5.41) is 22.2. The van der Waals surface area contributed by atoms with Crippen molar-refractivity contribution in [3.05, 3.63) is 63.7 Å². The number of halogens is 2. The highest BCUT2D eigenvalue weighted by Gasteiger charge is 2.11. The van der Waals surface area contributed by atoms with E-state index in [4.69, 9.17) is 5.26 Å². The quantitative estimate of drug-likeness (QED) is 0.687. The maximum atomic E-state index is 13.0. The Morgan fingerprint density at radius 1 is 1.15 bits per heavy atom. The van der Waals surface area contributed by atoms with Gasteiger partial charge in [0.1, 0.15) is 17.7 Å². The molecule has 0 radical (unpaired) electrons. The fourth-order valence-electron chi connectivity index (χ4n) is 1.63. The molecule has 2 rings (SSSR count). The second-order valence-electron chi connectivity index (χ2n) is 3.88. The van der Waals surface area contributed by atoms with Gasteiger partial charge in [0.05, 0.1) is 16.2 Å². The predicted octanol–water partition coefficient (Wildman–Crippen LogP) is 3.49. The summed E-state index contributed by atoms with van der Waals surface area (Å²) < 4.78 is 26.1. The maximum Gasteiger partial charge on any atom is 0.270 e. The number of non-ortho nitro benzene ring substituents is 1. The summed E-state index contributed by atoms with van der Waals surface area (Å²) in [7, 11) is 0. The summed E-state index contributed by atoms with van der Waals surface area (Å²) in [5.74, 6) is -1.54. The van der Waals surface area contributed by atoms with E-state index in [9.17, 15) is 18.9 Å². The fourth-order valence-corrected chi connectivity index (χ4v) is 1.63. The first-order valence-electron chi connectivity index (χ1n) is 5.41. The van der Waals surface area contributed by atoms with Gasteiger partial charge >= 0.3 is 0 Å². The van der Waals surface area contributed by atoms with Crippen LogP contribution in [0.2, 0.25) is 0 Å². The summed E-state index contributed by atoms with van der Waals surface area (Å²) in [4.78, 5) is 9.97. The molecule has 0 amide bonds. The minimum atomic E-state index is -0.770. The van der Waals surface area contributed by atoms with Crippen LogP contribution in [0.15, 0.2) is 36.4 Å². The summed E-state index contributed by atoms with van der Waals surface area (Å²) in [6.45, 7) is 0. The van der Waals surface area contributed by atoms with Crippen LogP contribution in [0.5, 0.6) is 0 Å². The molecule has 0 heterocycles. The first-order valence-corrected chi connectivity index (χ1v) is 5.41. The number of nitro groups is 1. The summed E-state index contributed by atoms with van der Waals surface area (Å²) in [6, 6.07) is 8.17. The number of nitrogens with one attached hydrogen (secondary N) is 1. The monoisotopic (exact) mass is 275 g/mol. The number of benzene rings is 2. The number of nitro benzene ring substituents is 1. The van der Waals surface area contributed by atoms with Crippen molar-refractivity contribution < 1.29 is 13.7 Å². The molecular formula is C13H7F2N3O2. The van der Waals surface area contributed by atoms with E-state index in [1.54, 1.807) is 6.07 Å². The number of rotatable bonds is 3. The predicted molar refractivity (Wildman–Crippen MR) is 67.5 cm³/mol. The van der Waals surface area contributed by atoms with E-state index >= 15 is 0 Å². The lowest BCUT2D eigenvalue weighted by Gasteiger charge is -2.08. The number of nitrogens with zero attached hydrogens (tertiary/aromatic N) is 2. The molecule has 0 aromatic heterocycles. The van der Waals surface area contributed by atoms with Crippen molar-refractivity contribution in [3.8, 4) is 6.07 Å². The molecule has 0 aliphatic carbocycles. The Morgan fingerprint density at radius 3 is 2.35 bits per heavy atom. The Hall–Kier alpha value is -3.01. The number of hydrogen-bond donors (Lipinski definition) is 1. The van der Waals surface area contributed by atoms with Crippen molar-refractivity contribution in [2.45, 2.75) is 0 Å². The maximum absolute atomic E-state index is 13.0. The van der Waals surface area contributed by atoms with E-state index in [2.05, 4.69) is 5.32 Å². The van der Waals surface area contributed by atoms with Crippen LogP contribution >= 0.6 is 0 Å². The van der Waals surface area contributed by atoms with Gasteiger partial charge in [-0.2, -0.15) is 5.26 Å². The Morgan fingerprint density at radius 2 is 1.80 bits per heavy atom. The van der Waals surface area contributed by atoms with Gasteiger partial charge in [-0.25, -0.2) is 8.78 Å². The molecule has 2 aromatic rings. The molecule has 0 aliphatic heterocycles. The van der Waals surface area contributed by atoms with Crippen LogP contribution in [0.1, 0.15) is 5.56 Å². The molecule has 0 aliphatic rings. The molecule has 20 heavy (non-hydrogen) atoms. The fraction of sp³-hybridized carbons (Fsp3) is 0. The highest BCUT2D eigenvalue weighted by atomic mass is 19.1. The molecule has 2 aromatic carbocycles. The second-order valence-corrected chi connectivity index (χ2v) is 3.88. The van der Waals surface area contributed by atoms with Crippen molar-refractivity contribution in [3.63, 3.8) is 0 Å². The number of hydrogen-bond acceptors (Lipinski definition) is 4. The average Bonchev–Trinajstić information content (AvgIpc) is 2.37. The minimum Gasteiger partial charge on any atom is -0.354 e. The summed E-state index contributed by atoms with van der Waals surface area (Å²) >= 11 is 0. The number of anilines is 2. The highest BCUT2D eigenvalue weighted by molar-refractivity contribution is 5.68. The van der Waals surface area contributed by atoms with Crippen LogP contribution in [-0.4, -0.2) is 4.92 Å². The lowest BCUT2D eigenvalue weighted by Crippen LogP contribution is -1.97. The standard InChI is InChI=1S/C13H7F2N3O2/c14-9-4-10(15)6-11(5-9)17-13-2-1-12(18(19)20)3-8(13)7-16/h1-6,17H. The van der Waals surface area contributed by atoms with Gasteiger partial charge in [0.25, 0.3) is 5.69 Å². The molecule has 7 heteroatoms. The largest absolute Gasteiger partial charge is 0.354 e. The van der Waals surface area contributed by atoms with Crippen LogP contribution in [0.3, 0.4) is 0 Å². The molecule has 0 bridgehead atoms. The molecule has 0 spiro atoms. The van der Waals surface area contributed by atoms with E-state index in [1.165, 1.54) is 12.1 Å². The molecule has 0 unspecified atom stereocenters. The molecule has 1 N–H and O–H groups in total. The lowest BCUT2D eigenvalue weighted by molar-refractivity contribution is -0.384. The van der Waals surface area contributed by atoms with E-state index in [-0.39, 0.29) is 22.6 Å². The molecule has 0 saturated heterocycles. The van der Waals surface area contributed by atoms with Crippen LogP contribution in [-0.2, 0) is 0 Å². The first kappa shape index (κ1) is 13.4. The van der Waals surface area contributed by atoms with Gasteiger partial charge in [0, 0.05) is 23.9 Å². The zero-order valence-corrected chi connectivity index (χ0v) is 9.93. The van der Waals surface area contributed by atoms with Crippen molar-refractivity contribution in [1.29, 1.82) is 5.26 Å². The van der Waals surface area contributed by atoms with Gasteiger partial charge in [-0.15, -0.1) is 0 Å². The average molecular weight is 275 g/mol. The molecular weight excluding hydrogens is 268 g/mol. The topological polar surface area (TPSA) is 79.0 Å². The third kappa shape index (κ3) is 2.87. The molecule has 0 fully saturated rings. The van der Waals surface area contributed by atoms with Crippen molar-refractivity contribution in [1.82, 2.24) is 0 Å². The first-order chi connectivity index (χ1) is 9.49. The van der Waals surface area contributed by atoms with Crippen LogP contribution < -0.4 is 5.32 Å². The third-order valence-corrected chi connectivity index (χ3v) is 2.48. The smallest absolute Gasteiger partial charge is 0.270 e. The van der Waals surface area contributed by atoms with Crippen molar-refractivity contribution >= 4 is 17.1 Å². The summed E-state index contributed by atoms with van der Waals surface area (Å²) in [5.41, 5.74) is 0.0948. The summed E-state index contributed by atoms with van der Waals surface area (Å²) in [6.07, 6.45) is 0. The minimum absolute atomic E-state index is 0.00358. The second kappa shape index (κ2) is 5.32. The molecule has 5 nitrogen and oxygen atoms in total. The van der Waals surface area contributed by atoms with E-state index in [0.717, 1.165) is 18.2 Å². The molecule has 100 valence electrons. The van der Waals surface area contributed by atoms with E-state index in [0.29, 0.717) is 6.07 Å². The van der Waals surface area contributed by atoms with Crippen molar-refractivity contribution in [2.75, 3.05) is 5.32 Å². The van der Waals surface area contributed by atoms with Gasteiger partial charge in [0.15, 0.2) is 0 Å². The zero-order chi connectivity index (χ0) is 14.7. The van der Waals surface area contributed by atoms with Gasteiger partial charge in [-0.1, -0.05) is 0 Å². The Bertz CT molecular complexity index is 706. The van der Waals surface area contributed by atoms with Crippen LogP contribution in [0, 0.1) is 33.1 Å². The van der Waals surface area contributed by atoms with Gasteiger partial charge in [0.2, 0.25) is 0 Å². The zero-order valence-electron chi connectivity index (χ0n) is 9.93. The lowest BCUT2D eigenvalue weighted by atomic mass is 10.1. The molecule has 0 atom stereocenters. The van der Waals surface area contributed by atoms with Crippen LogP contribution in [0.25, 0.3) is 0 Å². The number of nitriles is 1. The normalized spacial score (nSPS) is 9.85. The Balaban J connectivity index is 2.38. The van der Waals surface area contributed by atoms with Crippen LogP contribution in [0.4, 0.5) is 25.8 Å². The Labute approximate surface area is 112 Å². The Kier molecular flexibility index (Phi) is 3.57. The van der Waals surface area contributed by atoms with E-state index in [1.807, 2.05) is 0 Å². The van der Waals surface area contributed by atoms with Gasteiger partial charge < -0.3 is 5.32 Å². The highest BCUT2D eigenvalue weighted by Crippen LogP contribution is 2.25. The van der Waals surface area contributed by atoms with Gasteiger partial charge in [-0.05, 0) is 18.2 Å². The van der Waals surface area contributed by atoms with Crippen molar-refractivity contribution in [2.24, 2.45) is 0 Å².